The average molecular weight is 262 g/mol. The highest BCUT2D eigenvalue weighted by molar-refractivity contribution is 7.86. The molecule has 17 heavy (non-hydrogen) atoms. The van der Waals surface area contributed by atoms with Gasteiger partial charge in [-0.1, -0.05) is 13.3 Å². The molecule has 0 N–H and O–H groups in total. The largest absolute Gasteiger partial charge is 0.379 e. The van der Waals surface area contributed by atoms with Crippen molar-refractivity contribution < 1.29 is 13.2 Å². The van der Waals surface area contributed by atoms with Gasteiger partial charge >= 0.3 is 0 Å². The first-order valence-electron chi connectivity index (χ1n) is 6.51. The van der Waals surface area contributed by atoms with E-state index < -0.39 is 10.2 Å². The summed E-state index contributed by atoms with van der Waals surface area (Å²) in [5.41, 5.74) is 0. The van der Waals surface area contributed by atoms with E-state index in [1.165, 1.54) is 0 Å². The molecule has 5 nitrogen and oxygen atoms in total. The molecule has 0 aromatic rings. The molecule has 2 aliphatic heterocycles. The van der Waals surface area contributed by atoms with Crippen LogP contribution in [0.2, 0.25) is 0 Å². The summed E-state index contributed by atoms with van der Waals surface area (Å²) in [5, 5.41) is 0. The molecule has 0 saturated carbocycles. The van der Waals surface area contributed by atoms with E-state index in [9.17, 15) is 8.42 Å². The molecule has 100 valence electrons. The first kappa shape index (κ1) is 13.3. The van der Waals surface area contributed by atoms with Gasteiger partial charge in [-0.3, -0.25) is 0 Å². The lowest BCUT2D eigenvalue weighted by atomic mass is 10.0. The predicted molar refractivity (Wildman–Crippen MR) is 65.9 cm³/mol. The van der Waals surface area contributed by atoms with E-state index in [4.69, 9.17) is 4.74 Å². The summed E-state index contributed by atoms with van der Waals surface area (Å²) in [6.45, 7) is 4.77. The standard InChI is InChI=1S/C11H22N2O3S/c1-2-11-5-3-4-6-13(11)17(14,15)12-7-9-16-10-8-12/h11H,2-10H2,1H3. The highest BCUT2D eigenvalue weighted by atomic mass is 32.2. The lowest BCUT2D eigenvalue weighted by Gasteiger charge is -2.38. The maximum atomic E-state index is 12.5. The van der Waals surface area contributed by atoms with Crippen molar-refractivity contribution in [1.29, 1.82) is 0 Å². The van der Waals surface area contributed by atoms with Gasteiger partial charge in [0.2, 0.25) is 0 Å². The molecule has 2 fully saturated rings. The Morgan fingerprint density at radius 2 is 1.88 bits per heavy atom. The summed E-state index contributed by atoms with van der Waals surface area (Å²) in [4.78, 5) is 0. The van der Waals surface area contributed by atoms with Gasteiger partial charge in [0.25, 0.3) is 10.2 Å². The van der Waals surface area contributed by atoms with Crippen LogP contribution >= 0.6 is 0 Å². The van der Waals surface area contributed by atoms with Crippen LogP contribution in [-0.4, -0.2) is 55.9 Å². The number of nitrogens with zero attached hydrogens (tertiary/aromatic N) is 2. The molecular formula is C11H22N2O3S. The third kappa shape index (κ3) is 2.81. The van der Waals surface area contributed by atoms with E-state index in [0.29, 0.717) is 32.8 Å². The zero-order valence-electron chi connectivity index (χ0n) is 10.5. The molecule has 2 rings (SSSR count). The molecule has 0 bridgehead atoms. The second kappa shape index (κ2) is 5.65. The third-order valence-electron chi connectivity index (χ3n) is 3.64. The zero-order chi connectivity index (χ0) is 12.3. The number of rotatable bonds is 3. The molecule has 1 atom stereocenters. The van der Waals surface area contributed by atoms with Gasteiger partial charge in [-0.2, -0.15) is 17.0 Å². The molecule has 0 spiro atoms. The first-order chi connectivity index (χ1) is 8.16. The van der Waals surface area contributed by atoms with Crippen LogP contribution in [0.3, 0.4) is 0 Å². The van der Waals surface area contributed by atoms with E-state index in [1.54, 1.807) is 8.61 Å². The zero-order valence-corrected chi connectivity index (χ0v) is 11.3. The van der Waals surface area contributed by atoms with Gasteiger partial charge in [0, 0.05) is 25.7 Å². The number of ether oxygens (including phenoxy) is 1. The summed E-state index contributed by atoms with van der Waals surface area (Å²) in [5.74, 6) is 0. The molecule has 2 saturated heterocycles. The Morgan fingerprint density at radius 3 is 2.53 bits per heavy atom. The maximum Gasteiger partial charge on any atom is 0.282 e. The van der Waals surface area contributed by atoms with Crippen LogP contribution in [0, 0.1) is 0 Å². The van der Waals surface area contributed by atoms with E-state index in [0.717, 1.165) is 25.7 Å². The Morgan fingerprint density at radius 1 is 1.18 bits per heavy atom. The maximum absolute atomic E-state index is 12.5. The van der Waals surface area contributed by atoms with Crippen molar-refractivity contribution in [2.75, 3.05) is 32.8 Å². The van der Waals surface area contributed by atoms with Crippen molar-refractivity contribution in [3.05, 3.63) is 0 Å². The Labute approximate surface area is 104 Å². The Bertz CT molecular complexity index is 339. The van der Waals surface area contributed by atoms with E-state index in [1.807, 2.05) is 0 Å². The summed E-state index contributed by atoms with van der Waals surface area (Å²) in [6.07, 6.45) is 4.04. The number of hydrogen-bond acceptors (Lipinski definition) is 3. The van der Waals surface area contributed by atoms with Gasteiger partial charge in [0.1, 0.15) is 0 Å². The van der Waals surface area contributed by atoms with Crippen LogP contribution in [-0.2, 0) is 14.9 Å². The minimum Gasteiger partial charge on any atom is -0.379 e. The van der Waals surface area contributed by atoms with E-state index in [-0.39, 0.29) is 6.04 Å². The monoisotopic (exact) mass is 262 g/mol. The SMILES string of the molecule is CCC1CCCCN1S(=O)(=O)N1CCOCC1. The second-order valence-electron chi connectivity index (χ2n) is 4.69. The minimum absolute atomic E-state index is 0.191. The fourth-order valence-corrected chi connectivity index (χ4v) is 4.51. The molecule has 6 heteroatoms. The van der Waals surface area contributed by atoms with Crippen LogP contribution in [0.1, 0.15) is 32.6 Å². The average Bonchev–Trinajstić information content (AvgIpc) is 2.39. The van der Waals surface area contributed by atoms with E-state index in [2.05, 4.69) is 6.92 Å². The van der Waals surface area contributed by atoms with Crippen LogP contribution in [0.15, 0.2) is 0 Å². The van der Waals surface area contributed by atoms with Gasteiger partial charge in [0.15, 0.2) is 0 Å². The smallest absolute Gasteiger partial charge is 0.282 e. The normalized spacial score (nSPS) is 29.4. The van der Waals surface area contributed by atoms with Gasteiger partial charge in [-0.05, 0) is 19.3 Å². The summed E-state index contributed by atoms with van der Waals surface area (Å²) >= 11 is 0. The lowest BCUT2D eigenvalue weighted by Crippen LogP contribution is -2.53. The van der Waals surface area contributed by atoms with Crippen molar-refractivity contribution in [2.45, 2.75) is 38.6 Å². The highest BCUT2D eigenvalue weighted by Gasteiger charge is 2.36. The van der Waals surface area contributed by atoms with Crippen molar-refractivity contribution in [2.24, 2.45) is 0 Å². The van der Waals surface area contributed by atoms with Crippen molar-refractivity contribution in [3.8, 4) is 0 Å². The topological polar surface area (TPSA) is 49.9 Å². The fraction of sp³-hybridized carbons (Fsp3) is 1.00. The van der Waals surface area contributed by atoms with Gasteiger partial charge in [-0.15, -0.1) is 0 Å². The van der Waals surface area contributed by atoms with E-state index >= 15 is 0 Å². The number of piperidine rings is 1. The Balaban J connectivity index is 2.11. The van der Waals surface area contributed by atoms with Crippen molar-refractivity contribution in [3.63, 3.8) is 0 Å². The quantitative estimate of drug-likeness (QED) is 0.757. The minimum atomic E-state index is -3.26. The molecule has 0 radical (unpaired) electrons. The fourth-order valence-electron chi connectivity index (χ4n) is 2.61. The summed E-state index contributed by atoms with van der Waals surface area (Å²) in [6, 6.07) is 0.191. The number of hydrogen-bond donors (Lipinski definition) is 0. The van der Waals surface area contributed by atoms with Gasteiger partial charge in [-0.25, -0.2) is 0 Å². The van der Waals surface area contributed by atoms with Crippen LogP contribution in [0.4, 0.5) is 0 Å². The van der Waals surface area contributed by atoms with Crippen LogP contribution in [0.25, 0.3) is 0 Å². The molecule has 1 unspecified atom stereocenters. The van der Waals surface area contributed by atoms with Crippen LogP contribution in [0.5, 0.6) is 0 Å². The third-order valence-corrected chi connectivity index (χ3v) is 5.73. The van der Waals surface area contributed by atoms with Gasteiger partial charge < -0.3 is 4.74 Å². The molecule has 2 heterocycles. The predicted octanol–water partition coefficient (Wildman–Crippen LogP) is 0.828. The van der Waals surface area contributed by atoms with Crippen LogP contribution < -0.4 is 0 Å². The second-order valence-corrected chi connectivity index (χ2v) is 6.57. The van der Waals surface area contributed by atoms with Gasteiger partial charge in [0.05, 0.1) is 13.2 Å². The number of morpholine rings is 1. The molecule has 2 aliphatic rings. The molecule has 0 aromatic heterocycles. The molecular weight excluding hydrogens is 240 g/mol. The molecule has 0 aliphatic carbocycles. The Kier molecular flexibility index (Phi) is 4.41. The summed E-state index contributed by atoms with van der Waals surface area (Å²) in [7, 11) is -3.26. The first-order valence-corrected chi connectivity index (χ1v) is 7.90. The molecule has 0 amide bonds. The molecule has 0 aromatic carbocycles. The Hall–Kier alpha value is -0.170. The highest BCUT2D eigenvalue weighted by Crippen LogP contribution is 2.24. The summed E-state index contributed by atoms with van der Waals surface area (Å²) < 4.78 is 33.5. The van der Waals surface area contributed by atoms with Crippen molar-refractivity contribution >= 4 is 10.2 Å². The lowest BCUT2D eigenvalue weighted by molar-refractivity contribution is 0.0681. The van der Waals surface area contributed by atoms with Crippen molar-refractivity contribution in [1.82, 2.24) is 8.61 Å².